The molecule has 0 unspecified atom stereocenters. The largest absolute Gasteiger partial charge is 1.00 e. The summed E-state index contributed by atoms with van der Waals surface area (Å²) >= 11 is 0. The van der Waals surface area contributed by atoms with Crippen LogP contribution in [0.15, 0.2) is 48.5 Å². The van der Waals surface area contributed by atoms with Crippen molar-refractivity contribution in [3.05, 3.63) is 105 Å². The third kappa shape index (κ3) is 14.4. The van der Waals surface area contributed by atoms with Gasteiger partial charge in [-0.25, -0.2) is 8.78 Å². The Morgan fingerprint density at radius 1 is 0.729 bits per heavy atom. The number of nitrogens with zero attached hydrogens (tertiary/aromatic N) is 6. The number of fused-ring (bicyclic) bond motifs is 2. The molecule has 59 heavy (non-hydrogen) atoms. The van der Waals surface area contributed by atoms with Crippen molar-refractivity contribution < 1.29 is 67.6 Å². The van der Waals surface area contributed by atoms with Crippen LogP contribution in [0.5, 0.6) is 0 Å². The van der Waals surface area contributed by atoms with Crippen LogP contribution in [0, 0.1) is 25.5 Å². The summed E-state index contributed by atoms with van der Waals surface area (Å²) in [6, 6.07) is 12.7. The van der Waals surface area contributed by atoms with E-state index in [2.05, 4.69) is 20.8 Å². The topological polar surface area (TPSA) is 225 Å². The molecule has 316 valence electrons. The molecular formula is C40H53F2LiN8O8. The Balaban J connectivity index is 0.000000388. The van der Waals surface area contributed by atoms with E-state index in [1.54, 1.807) is 36.1 Å². The fourth-order valence-electron chi connectivity index (χ4n) is 6.80. The van der Waals surface area contributed by atoms with Crippen LogP contribution in [-0.2, 0) is 62.9 Å². The molecule has 2 amide bonds. The zero-order chi connectivity index (χ0) is 40.2. The number of halogens is 2. The van der Waals surface area contributed by atoms with Crippen LogP contribution in [0.2, 0.25) is 0 Å². The third-order valence-corrected chi connectivity index (χ3v) is 9.76. The number of hydrogen-bond acceptors (Lipinski definition) is 10. The van der Waals surface area contributed by atoms with Crippen molar-refractivity contribution in [1.29, 1.82) is 0 Å². The van der Waals surface area contributed by atoms with Crippen molar-refractivity contribution in [1.82, 2.24) is 40.0 Å². The maximum atomic E-state index is 13.2. The number of esters is 1. The van der Waals surface area contributed by atoms with Gasteiger partial charge >= 0.3 is 30.8 Å². The number of ether oxygens (including phenoxy) is 1. The van der Waals surface area contributed by atoms with Crippen molar-refractivity contribution in [2.24, 2.45) is 0 Å². The summed E-state index contributed by atoms with van der Waals surface area (Å²) in [5.41, 5.74) is 8.22. The first kappa shape index (κ1) is 50.2. The van der Waals surface area contributed by atoms with E-state index in [-0.39, 0.29) is 91.7 Å². The van der Waals surface area contributed by atoms with Gasteiger partial charge in [-0.2, -0.15) is 10.2 Å². The zero-order valence-corrected chi connectivity index (χ0v) is 34.1. The molecule has 0 aliphatic carbocycles. The number of rotatable bonds is 15. The smallest absolute Gasteiger partial charge is 0.870 e. The van der Waals surface area contributed by atoms with E-state index in [0.29, 0.717) is 52.4 Å². The third-order valence-electron chi connectivity index (χ3n) is 9.76. The number of amides is 2. The van der Waals surface area contributed by atoms with Crippen molar-refractivity contribution in [3.8, 4) is 0 Å². The molecule has 0 saturated heterocycles. The molecule has 0 spiro atoms. The van der Waals surface area contributed by atoms with Crippen LogP contribution in [-0.4, -0.2) is 115 Å². The first-order valence-corrected chi connectivity index (χ1v) is 18.8. The normalized spacial score (nSPS) is 12.7. The molecule has 0 fully saturated rings. The second-order valence-corrected chi connectivity index (χ2v) is 13.8. The van der Waals surface area contributed by atoms with Gasteiger partial charge < -0.3 is 41.2 Å². The quantitative estimate of drug-likeness (QED) is 0.0760. The summed E-state index contributed by atoms with van der Waals surface area (Å²) < 4.78 is 34.9. The molecule has 2 aromatic carbocycles. The minimum absolute atomic E-state index is 0. The van der Waals surface area contributed by atoms with E-state index >= 15 is 0 Å². The van der Waals surface area contributed by atoms with Crippen molar-refractivity contribution in [2.75, 3.05) is 45.9 Å². The van der Waals surface area contributed by atoms with Crippen LogP contribution < -0.4 is 29.5 Å². The van der Waals surface area contributed by atoms with Gasteiger partial charge in [0, 0.05) is 26.2 Å². The fraction of sp³-hybridized carbons (Fsp3) is 0.450. The molecule has 19 heteroatoms. The number of aromatic nitrogens is 4. The van der Waals surface area contributed by atoms with Gasteiger partial charge in [0.25, 0.3) is 0 Å². The minimum atomic E-state index is -0.891. The Morgan fingerprint density at radius 2 is 1.14 bits per heavy atom. The van der Waals surface area contributed by atoms with Gasteiger partial charge in [0.2, 0.25) is 11.8 Å². The van der Waals surface area contributed by atoms with E-state index in [1.165, 1.54) is 35.4 Å². The molecule has 4 aromatic rings. The van der Waals surface area contributed by atoms with Gasteiger partial charge in [-0.15, -0.1) is 0 Å². The standard InChI is InChI=1S/C21H27FN4O3.C19H23FN4O3.Li.2H2O/c1-3-29-21(28)8-10-23-12-20(27)25-11-9-18-15(2)24-26(19(18)14-25)13-16-4-6-17(22)7-5-16;1-13-16-7-9-23(18(25)10-21-8-6-19(26)27)12-17(16)24(22-13)11-14-2-4-15(20)5-3-14;;;/h4-7,23H,3,8-14H2,1-2H3;2-5,21H,6-12H2,1H3,(H,26,27);;2*1H2/q;;+1;;/p-1. The number of hydrogen-bond donors (Lipinski definition) is 3. The Morgan fingerprint density at radius 3 is 1.53 bits per heavy atom. The van der Waals surface area contributed by atoms with Gasteiger partial charge in [0.15, 0.2) is 0 Å². The molecule has 0 bridgehead atoms. The molecule has 6 rings (SSSR count). The predicted octanol–water partition coefficient (Wildman–Crippen LogP) is -0.863. The van der Waals surface area contributed by atoms with Crippen LogP contribution in [0.1, 0.15) is 64.8 Å². The van der Waals surface area contributed by atoms with Gasteiger partial charge in [-0.05, 0) is 80.1 Å². The zero-order valence-electron chi connectivity index (χ0n) is 34.1. The maximum Gasteiger partial charge on any atom is 1.00 e. The van der Waals surface area contributed by atoms with Crippen LogP contribution >= 0.6 is 0 Å². The first-order chi connectivity index (χ1) is 26.9. The van der Waals surface area contributed by atoms with E-state index in [9.17, 15) is 28.0 Å². The SMILES string of the molecule is CCOC(=O)CCNCC(=O)N1CCc2c(C)nn(Cc3ccc(F)cc3)c2C1.Cc1nn(Cc2ccc(F)cc2)c2c1CCN(C(=O)CNCCC(=O)O)C2.O.[Li+].[OH-]. The summed E-state index contributed by atoms with van der Waals surface area (Å²) in [6.45, 7) is 10.3. The fourth-order valence-corrected chi connectivity index (χ4v) is 6.80. The van der Waals surface area contributed by atoms with E-state index in [4.69, 9.17) is 9.84 Å². The van der Waals surface area contributed by atoms with E-state index in [1.807, 2.05) is 28.1 Å². The number of benzene rings is 2. The van der Waals surface area contributed by atoms with E-state index in [0.717, 1.165) is 46.7 Å². The number of nitrogens with one attached hydrogen (secondary N) is 2. The maximum absolute atomic E-state index is 13.2. The Bertz CT molecular complexity index is 1990. The number of carboxylic acids is 1. The van der Waals surface area contributed by atoms with Gasteiger partial charge in [-0.1, -0.05) is 24.3 Å². The second-order valence-electron chi connectivity index (χ2n) is 13.8. The summed E-state index contributed by atoms with van der Waals surface area (Å²) in [5.74, 6) is -1.76. The summed E-state index contributed by atoms with van der Waals surface area (Å²) in [7, 11) is 0. The first-order valence-electron chi connectivity index (χ1n) is 18.8. The Labute approximate surface area is 354 Å². The minimum Gasteiger partial charge on any atom is -0.870 e. The molecule has 4 heterocycles. The molecule has 2 aromatic heterocycles. The predicted molar refractivity (Wildman–Crippen MR) is 208 cm³/mol. The monoisotopic (exact) mass is 818 g/mol. The van der Waals surface area contributed by atoms with Crippen LogP contribution in [0.4, 0.5) is 8.78 Å². The summed E-state index contributed by atoms with van der Waals surface area (Å²) in [5, 5.41) is 23.8. The molecule has 6 N–H and O–H groups in total. The number of carbonyl (C=O) groups is 4. The van der Waals surface area contributed by atoms with Crippen molar-refractivity contribution >= 4 is 23.8 Å². The second kappa shape index (κ2) is 24.2. The van der Waals surface area contributed by atoms with Gasteiger partial charge in [0.05, 0.1) is 81.5 Å². The van der Waals surface area contributed by atoms with E-state index < -0.39 is 5.97 Å². The van der Waals surface area contributed by atoms with Gasteiger partial charge in [-0.3, -0.25) is 28.5 Å². The number of aryl methyl sites for hydroxylation is 2. The van der Waals surface area contributed by atoms with Crippen molar-refractivity contribution in [3.63, 3.8) is 0 Å². The summed E-state index contributed by atoms with van der Waals surface area (Å²) in [6.07, 6.45) is 1.74. The van der Waals surface area contributed by atoms with Gasteiger partial charge in [0.1, 0.15) is 11.6 Å². The molecule has 0 saturated carbocycles. The number of aliphatic carboxylic acids is 1. The average Bonchev–Trinajstić information content (AvgIpc) is 3.67. The van der Waals surface area contributed by atoms with Crippen LogP contribution in [0.3, 0.4) is 0 Å². The number of carboxylic acid groups (broad SMARTS) is 1. The molecule has 2 aliphatic rings. The molecule has 2 aliphatic heterocycles. The van der Waals surface area contributed by atoms with Crippen molar-refractivity contribution in [2.45, 2.75) is 72.6 Å². The molecule has 0 atom stereocenters. The summed E-state index contributed by atoms with van der Waals surface area (Å²) in [4.78, 5) is 50.4. The molecular weight excluding hydrogens is 765 g/mol. The Kier molecular flexibility index (Phi) is 20.6. The Hall–Kier alpha value is -4.96. The molecule has 16 nitrogen and oxygen atoms in total. The molecule has 0 radical (unpaired) electrons. The number of carbonyl (C=O) groups excluding carboxylic acids is 3. The average molecular weight is 819 g/mol. The van der Waals surface area contributed by atoms with Crippen LogP contribution in [0.25, 0.3) is 0 Å².